The molecule has 2 atom stereocenters. The number of nitrogens with zero attached hydrogens (tertiary/aromatic N) is 4. The zero-order valence-electron chi connectivity index (χ0n) is 14.3. The Hall–Kier alpha value is -2.90. The van der Waals surface area contributed by atoms with Crippen LogP contribution in [0.1, 0.15) is 30.8 Å². The van der Waals surface area contributed by atoms with Gasteiger partial charge in [0.25, 0.3) is 0 Å². The van der Waals surface area contributed by atoms with Crippen LogP contribution in [0.5, 0.6) is 0 Å². The zero-order chi connectivity index (χ0) is 17.8. The van der Waals surface area contributed by atoms with Crippen LogP contribution in [-0.2, 0) is 18.4 Å². The molecule has 1 aromatic heterocycles. The van der Waals surface area contributed by atoms with E-state index in [1.807, 2.05) is 44.3 Å². The average molecular weight is 342 g/mol. The molecule has 3 amide bonds. The van der Waals surface area contributed by atoms with Gasteiger partial charge < -0.3 is 20.1 Å². The molecule has 1 saturated heterocycles. The van der Waals surface area contributed by atoms with Crippen LogP contribution in [0.15, 0.2) is 36.7 Å². The molecular formula is C17H22N6O2. The lowest BCUT2D eigenvalue weighted by atomic mass is 10.2. The van der Waals surface area contributed by atoms with E-state index in [2.05, 4.69) is 20.8 Å². The topological polar surface area (TPSA) is 92.2 Å². The number of likely N-dealkylation sites (tertiary alicyclic amines) is 1. The van der Waals surface area contributed by atoms with Gasteiger partial charge in [-0.25, -0.2) is 4.79 Å². The standard InChI is InChI=1S/C17H22N6O2/c1-12(16-21-18-11-22(16)2)19-17(25)20-14-8-15(24)23(10-14)9-13-6-4-3-5-7-13/h3-7,11-12,14H,8-10H2,1-2H3,(H2,19,20,25)/t12-,14+/m0/s1. The third-order valence-corrected chi connectivity index (χ3v) is 4.25. The number of hydrogen-bond donors (Lipinski definition) is 2. The van der Waals surface area contributed by atoms with Crippen LogP contribution in [0.3, 0.4) is 0 Å². The molecule has 0 unspecified atom stereocenters. The highest BCUT2D eigenvalue weighted by atomic mass is 16.2. The van der Waals surface area contributed by atoms with E-state index in [1.54, 1.807) is 15.8 Å². The van der Waals surface area contributed by atoms with Crippen molar-refractivity contribution in [2.75, 3.05) is 6.54 Å². The van der Waals surface area contributed by atoms with Crippen LogP contribution in [0, 0.1) is 0 Å². The van der Waals surface area contributed by atoms with Crippen molar-refractivity contribution >= 4 is 11.9 Å². The van der Waals surface area contributed by atoms with E-state index in [4.69, 9.17) is 0 Å². The lowest BCUT2D eigenvalue weighted by Crippen LogP contribution is -2.44. The summed E-state index contributed by atoms with van der Waals surface area (Å²) in [6.45, 7) is 2.92. The van der Waals surface area contributed by atoms with E-state index in [0.717, 1.165) is 5.56 Å². The SMILES string of the molecule is C[C@H](NC(=O)N[C@@H]1CC(=O)N(Cc2ccccc2)C1)c1nncn1C. The molecule has 0 radical (unpaired) electrons. The Bertz CT molecular complexity index is 745. The van der Waals surface area contributed by atoms with Gasteiger partial charge in [-0.3, -0.25) is 4.79 Å². The minimum absolute atomic E-state index is 0.0514. The fourth-order valence-corrected chi connectivity index (χ4v) is 3.00. The Balaban J connectivity index is 1.51. The Morgan fingerprint density at radius 3 is 2.80 bits per heavy atom. The Morgan fingerprint density at radius 2 is 2.12 bits per heavy atom. The number of amides is 3. The second-order valence-corrected chi connectivity index (χ2v) is 6.30. The van der Waals surface area contributed by atoms with Crippen LogP contribution in [0.2, 0.25) is 0 Å². The van der Waals surface area contributed by atoms with Gasteiger partial charge in [-0.15, -0.1) is 10.2 Å². The van der Waals surface area contributed by atoms with Crippen molar-refractivity contribution in [3.8, 4) is 0 Å². The summed E-state index contributed by atoms with van der Waals surface area (Å²) in [6.07, 6.45) is 1.90. The van der Waals surface area contributed by atoms with Gasteiger partial charge in [-0.2, -0.15) is 0 Å². The molecule has 25 heavy (non-hydrogen) atoms. The summed E-state index contributed by atoms with van der Waals surface area (Å²) in [4.78, 5) is 26.1. The third kappa shape index (κ3) is 4.14. The zero-order valence-corrected chi connectivity index (χ0v) is 14.3. The molecular weight excluding hydrogens is 320 g/mol. The lowest BCUT2D eigenvalue weighted by Gasteiger charge is -2.18. The number of carbonyl (C=O) groups is 2. The molecule has 0 saturated carbocycles. The van der Waals surface area contributed by atoms with E-state index < -0.39 is 0 Å². The maximum Gasteiger partial charge on any atom is 0.315 e. The quantitative estimate of drug-likeness (QED) is 0.847. The first-order valence-electron chi connectivity index (χ1n) is 8.25. The summed E-state index contributed by atoms with van der Waals surface area (Å²) in [5, 5.41) is 13.5. The van der Waals surface area contributed by atoms with E-state index >= 15 is 0 Å². The second kappa shape index (κ2) is 7.33. The van der Waals surface area contributed by atoms with Gasteiger partial charge in [-0.1, -0.05) is 30.3 Å². The number of carbonyl (C=O) groups excluding carboxylic acids is 2. The number of urea groups is 1. The Labute approximate surface area is 146 Å². The Morgan fingerprint density at radius 1 is 1.36 bits per heavy atom. The van der Waals surface area contributed by atoms with Crippen LogP contribution in [-0.4, -0.2) is 44.2 Å². The van der Waals surface area contributed by atoms with Gasteiger partial charge in [0.15, 0.2) is 5.82 Å². The van der Waals surface area contributed by atoms with E-state index in [-0.39, 0.29) is 24.0 Å². The van der Waals surface area contributed by atoms with Crippen LogP contribution in [0.4, 0.5) is 4.79 Å². The van der Waals surface area contributed by atoms with E-state index in [1.165, 1.54) is 0 Å². The van der Waals surface area contributed by atoms with Gasteiger partial charge in [0.1, 0.15) is 6.33 Å². The number of nitrogens with one attached hydrogen (secondary N) is 2. The molecule has 8 heteroatoms. The molecule has 1 aliphatic heterocycles. The average Bonchev–Trinajstić information content (AvgIpc) is 3.14. The summed E-state index contributed by atoms with van der Waals surface area (Å²) in [6, 6.07) is 9.05. The molecule has 8 nitrogen and oxygen atoms in total. The molecule has 2 heterocycles. The van der Waals surface area contributed by atoms with Crippen molar-refractivity contribution in [3.63, 3.8) is 0 Å². The fourth-order valence-electron chi connectivity index (χ4n) is 3.00. The molecule has 2 N–H and O–H groups in total. The molecule has 0 aliphatic carbocycles. The van der Waals surface area contributed by atoms with Crippen molar-refractivity contribution < 1.29 is 9.59 Å². The van der Waals surface area contributed by atoms with Crippen molar-refractivity contribution in [2.45, 2.75) is 32.0 Å². The monoisotopic (exact) mass is 342 g/mol. The minimum Gasteiger partial charge on any atom is -0.336 e. The van der Waals surface area contributed by atoms with Crippen molar-refractivity contribution in [1.82, 2.24) is 30.3 Å². The van der Waals surface area contributed by atoms with Crippen molar-refractivity contribution in [2.24, 2.45) is 7.05 Å². The molecule has 1 aliphatic rings. The van der Waals surface area contributed by atoms with Crippen LogP contribution >= 0.6 is 0 Å². The normalized spacial score (nSPS) is 18.2. The molecule has 3 rings (SSSR count). The highest BCUT2D eigenvalue weighted by Gasteiger charge is 2.30. The van der Waals surface area contributed by atoms with Crippen LogP contribution < -0.4 is 10.6 Å². The number of aryl methyl sites for hydroxylation is 1. The fraction of sp³-hybridized carbons (Fsp3) is 0.412. The van der Waals surface area contributed by atoms with Gasteiger partial charge >= 0.3 is 6.03 Å². The first kappa shape index (κ1) is 16.9. The first-order chi connectivity index (χ1) is 12.0. The highest BCUT2D eigenvalue weighted by Crippen LogP contribution is 2.15. The van der Waals surface area contributed by atoms with Gasteiger partial charge in [0.05, 0.1) is 12.1 Å². The third-order valence-electron chi connectivity index (χ3n) is 4.25. The molecule has 1 aromatic carbocycles. The predicted molar refractivity (Wildman–Crippen MR) is 91.3 cm³/mol. The molecule has 132 valence electrons. The number of hydrogen-bond acceptors (Lipinski definition) is 4. The molecule has 0 spiro atoms. The van der Waals surface area contributed by atoms with Gasteiger partial charge in [-0.05, 0) is 12.5 Å². The summed E-state index contributed by atoms with van der Waals surface area (Å²) in [5.41, 5.74) is 1.08. The second-order valence-electron chi connectivity index (χ2n) is 6.30. The number of benzene rings is 1. The largest absolute Gasteiger partial charge is 0.336 e. The highest BCUT2D eigenvalue weighted by molar-refractivity contribution is 5.81. The number of aromatic nitrogens is 3. The predicted octanol–water partition coefficient (Wildman–Crippen LogP) is 0.976. The summed E-state index contributed by atoms with van der Waals surface area (Å²) in [7, 11) is 1.82. The summed E-state index contributed by atoms with van der Waals surface area (Å²) in [5.74, 6) is 0.721. The van der Waals surface area contributed by atoms with Crippen LogP contribution in [0.25, 0.3) is 0 Å². The van der Waals surface area contributed by atoms with Crippen molar-refractivity contribution in [1.29, 1.82) is 0 Å². The van der Waals surface area contributed by atoms with Gasteiger partial charge in [0.2, 0.25) is 5.91 Å². The lowest BCUT2D eigenvalue weighted by molar-refractivity contribution is -0.128. The van der Waals surface area contributed by atoms with E-state index in [9.17, 15) is 9.59 Å². The Kier molecular flexibility index (Phi) is 4.97. The molecule has 1 fully saturated rings. The maximum atomic E-state index is 12.2. The van der Waals surface area contributed by atoms with Crippen molar-refractivity contribution in [3.05, 3.63) is 48.0 Å². The summed E-state index contributed by atoms with van der Waals surface area (Å²) >= 11 is 0. The first-order valence-corrected chi connectivity index (χ1v) is 8.25. The number of rotatable bonds is 5. The smallest absolute Gasteiger partial charge is 0.315 e. The minimum atomic E-state index is -0.310. The summed E-state index contributed by atoms with van der Waals surface area (Å²) < 4.78 is 1.76. The maximum absolute atomic E-state index is 12.2. The molecule has 0 bridgehead atoms. The van der Waals surface area contributed by atoms with Gasteiger partial charge in [0, 0.05) is 26.6 Å². The molecule has 2 aromatic rings. The van der Waals surface area contributed by atoms with E-state index in [0.29, 0.717) is 25.3 Å².